The van der Waals surface area contributed by atoms with Crippen molar-refractivity contribution in [1.82, 2.24) is 41.0 Å². The van der Waals surface area contributed by atoms with E-state index in [1.54, 1.807) is 12.1 Å². The average Bonchev–Trinajstić information content (AvgIpc) is 4.24. The maximum absolute atomic E-state index is 14.7. The van der Waals surface area contributed by atoms with E-state index in [0.717, 1.165) is 69.4 Å². The molecule has 0 radical (unpaired) electrons. The van der Waals surface area contributed by atoms with Crippen molar-refractivity contribution in [2.24, 2.45) is 23.5 Å². The highest BCUT2D eigenvalue weighted by Crippen LogP contribution is 2.37. The first-order valence-corrected chi connectivity index (χ1v) is 28.8. The van der Waals surface area contributed by atoms with Crippen LogP contribution in [0.5, 0.6) is 0 Å². The van der Waals surface area contributed by atoms with Gasteiger partial charge in [0.15, 0.2) is 5.78 Å². The molecule has 81 heavy (non-hydrogen) atoms. The Balaban J connectivity index is 0.840. The molecule has 9 amide bonds. The fourth-order valence-electron chi connectivity index (χ4n) is 13.2. The number of piperidine rings is 2. The summed E-state index contributed by atoms with van der Waals surface area (Å²) in [7, 11) is 0. The molecular formula is C60H73F2N9O10. The zero-order valence-corrected chi connectivity index (χ0v) is 46.1. The molecule has 7 N–H and O–H groups in total. The summed E-state index contributed by atoms with van der Waals surface area (Å²) in [5.41, 5.74) is 7.82. The molecule has 5 aliphatic heterocycles. The topological polar surface area (TPSA) is 270 Å². The second-order valence-electron chi connectivity index (χ2n) is 23.2. The van der Waals surface area contributed by atoms with Crippen molar-refractivity contribution in [2.75, 3.05) is 13.1 Å². The number of rotatable bonds is 17. The number of ketones is 1. The molecule has 2 aromatic carbocycles. The number of Topliss-reactive ketones (excluding diaryl/α,β-unsaturated/α-hetero) is 1. The molecule has 1 aliphatic carbocycles. The summed E-state index contributed by atoms with van der Waals surface area (Å²) in [6.45, 7) is 3.39. The fraction of sp³-hybridized carbons (Fsp3) is 0.567. The van der Waals surface area contributed by atoms with Crippen molar-refractivity contribution in [2.45, 2.75) is 185 Å². The number of imide groups is 1. The van der Waals surface area contributed by atoms with E-state index in [-0.39, 0.29) is 92.3 Å². The van der Waals surface area contributed by atoms with E-state index >= 15 is 0 Å². The lowest BCUT2D eigenvalue weighted by Crippen LogP contribution is -2.59. The van der Waals surface area contributed by atoms with Gasteiger partial charge in [-0.25, -0.2) is 8.78 Å². The number of nitrogens with zero attached hydrogens (tertiary/aromatic N) is 3. The van der Waals surface area contributed by atoms with Crippen molar-refractivity contribution >= 4 is 69.9 Å². The van der Waals surface area contributed by atoms with Crippen LogP contribution in [0.1, 0.15) is 173 Å². The number of amides is 9. The number of benzene rings is 2. The Morgan fingerprint density at radius 3 is 2.37 bits per heavy atom. The number of H-pyrrole nitrogens is 1. The summed E-state index contributed by atoms with van der Waals surface area (Å²) in [5.74, 6) is -1.44. The van der Waals surface area contributed by atoms with Crippen LogP contribution in [-0.4, -0.2) is 128 Å². The number of primary amides is 1. The van der Waals surface area contributed by atoms with E-state index in [9.17, 15) is 56.7 Å². The van der Waals surface area contributed by atoms with Gasteiger partial charge in [-0.2, -0.15) is 0 Å². The van der Waals surface area contributed by atoms with Crippen LogP contribution in [0.2, 0.25) is 0 Å². The number of alkyl halides is 2. The van der Waals surface area contributed by atoms with Crippen molar-refractivity contribution in [3.8, 4) is 11.8 Å². The minimum absolute atomic E-state index is 0.0305. The first-order valence-electron chi connectivity index (χ1n) is 28.8. The molecule has 3 aromatic rings. The van der Waals surface area contributed by atoms with Crippen molar-refractivity contribution in [3.05, 3.63) is 70.4 Å². The maximum atomic E-state index is 14.7. The summed E-state index contributed by atoms with van der Waals surface area (Å²) in [5, 5.41) is 11.3. The quantitative estimate of drug-likeness (QED) is 0.0763. The third kappa shape index (κ3) is 13.6. The molecule has 1 saturated carbocycles. The van der Waals surface area contributed by atoms with E-state index in [0.29, 0.717) is 61.2 Å². The van der Waals surface area contributed by atoms with Crippen LogP contribution < -0.4 is 27.0 Å². The maximum Gasteiger partial charge on any atom is 0.270 e. The van der Waals surface area contributed by atoms with E-state index < -0.39 is 83.4 Å². The smallest absolute Gasteiger partial charge is 0.270 e. The van der Waals surface area contributed by atoms with Gasteiger partial charge in [-0.1, -0.05) is 43.2 Å². The van der Waals surface area contributed by atoms with E-state index in [1.165, 1.54) is 41.0 Å². The molecule has 1 unspecified atom stereocenters. The van der Waals surface area contributed by atoms with Crippen LogP contribution in [0, 0.1) is 29.6 Å². The van der Waals surface area contributed by atoms with Crippen LogP contribution in [0.25, 0.3) is 10.9 Å². The molecule has 4 saturated heterocycles. The molecule has 5 fully saturated rings. The molecular weight excluding hydrogens is 1040 g/mol. The first kappa shape index (κ1) is 58.2. The number of nitrogens with two attached hydrogens (primary N) is 1. The molecule has 1 aromatic heterocycles. The Bertz CT molecular complexity index is 3040. The molecule has 0 spiro atoms. The molecule has 9 rings (SSSR count). The number of carbonyl (C=O) groups is 10. The van der Waals surface area contributed by atoms with E-state index in [4.69, 9.17) is 5.73 Å². The van der Waals surface area contributed by atoms with Gasteiger partial charge in [0.25, 0.3) is 17.7 Å². The molecule has 6 heterocycles. The molecule has 6 aliphatic rings. The number of likely N-dealkylation sites (tertiary alicyclic amines) is 1. The number of aromatic nitrogens is 1. The second-order valence-corrected chi connectivity index (χ2v) is 23.2. The molecule has 7 atom stereocenters. The van der Waals surface area contributed by atoms with Gasteiger partial charge >= 0.3 is 0 Å². The van der Waals surface area contributed by atoms with Crippen molar-refractivity contribution in [3.63, 3.8) is 0 Å². The van der Waals surface area contributed by atoms with Crippen LogP contribution >= 0.6 is 0 Å². The zero-order chi connectivity index (χ0) is 57.7. The van der Waals surface area contributed by atoms with Gasteiger partial charge in [0.05, 0.1) is 6.04 Å². The van der Waals surface area contributed by atoms with Crippen LogP contribution in [0.3, 0.4) is 0 Å². The minimum atomic E-state index is -3.11. The number of halogens is 2. The third-order valence-corrected chi connectivity index (χ3v) is 17.6. The highest BCUT2D eigenvalue weighted by atomic mass is 19.3. The van der Waals surface area contributed by atoms with Crippen LogP contribution in [-0.2, 0) is 50.8 Å². The number of hydrogen-bond acceptors (Lipinski definition) is 10. The van der Waals surface area contributed by atoms with E-state index in [1.807, 2.05) is 11.0 Å². The van der Waals surface area contributed by atoms with Gasteiger partial charge in [0.2, 0.25) is 41.4 Å². The molecule has 0 bridgehead atoms. The zero-order valence-electron chi connectivity index (χ0n) is 46.1. The van der Waals surface area contributed by atoms with Gasteiger partial charge in [-0.3, -0.25) is 53.3 Å². The van der Waals surface area contributed by atoms with E-state index in [2.05, 4.69) is 38.1 Å². The second kappa shape index (κ2) is 25.1. The summed E-state index contributed by atoms with van der Waals surface area (Å²) in [6, 6.07) is 5.69. The van der Waals surface area contributed by atoms with Crippen molar-refractivity contribution in [1.29, 1.82) is 0 Å². The van der Waals surface area contributed by atoms with Crippen molar-refractivity contribution < 1.29 is 56.7 Å². The lowest BCUT2D eigenvalue weighted by Gasteiger charge is -2.38. The van der Waals surface area contributed by atoms with Crippen LogP contribution in [0.4, 0.5) is 8.78 Å². The number of fused-ring (bicyclic) bond motifs is 3. The Kier molecular flexibility index (Phi) is 18.0. The van der Waals surface area contributed by atoms with Gasteiger partial charge in [0.1, 0.15) is 23.8 Å². The lowest BCUT2D eigenvalue weighted by molar-refractivity contribution is -0.144. The molecule has 19 nitrogen and oxygen atoms in total. The monoisotopic (exact) mass is 1120 g/mol. The summed E-state index contributed by atoms with van der Waals surface area (Å²) in [6.07, 6.45) is 8.50. The first-order chi connectivity index (χ1) is 38.7. The Labute approximate surface area is 469 Å². The number of nitrogens with one attached hydrogen (secondary N) is 5. The highest BCUT2D eigenvalue weighted by molar-refractivity contribution is 6.06. The Hall–Kier alpha value is -7.50. The normalized spacial score (nSPS) is 23.5. The number of aromatic amines is 1. The summed E-state index contributed by atoms with van der Waals surface area (Å²) >= 11 is 0. The van der Waals surface area contributed by atoms with Crippen LogP contribution in [0.15, 0.2) is 42.5 Å². The van der Waals surface area contributed by atoms with Gasteiger partial charge < -0.3 is 41.4 Å². The third-order valence-electron chi connectivity index (χ3n) is 17.6. The van der Waals surface area contributed by atoms with Gasteiger partial charge in [-0.05, 0) is 125 Å². The van der Waals surface area contributed by atoms with Gasteiger partial charge in [0, 0.05) is 105 Å². The number of carbonyl (C=O) groups excluding carboxylic acids is 10. The number of hydrogen-bond donors (Lipinski definition) is 6. The SMILES string of the molecule is CC(=O)N[C@H]1CC[C@H](NC(=O)c2cc3cc(C(C)(F)F)ccc3[nH]2)C(=O)N2[C@H](CC[C@H]2C(=O)N[C@@H](CCC(N)=O)C(=O)C[C@H](C(=O)N2CCC(CCC#Cc3cccc4c3CN(C3CCC(=O)NC3=O)C4=O)CC2)C2CCCCC2)C1. The van der Waals surface area contributed by atoms with Gasteiger partial charge in [-0.15, -0.1) is 0 Å². The summed E-state index contributed by atoms with van der Waals surface area (Å²) in [4.78, 5) is 142. The Morgan fingerprint density at radius 2 is 1.65 bits per heavy atom. The Morgan fingerprint density at radius 1 is 0.889 bits per heavy atom. The standard InChI is InChI=1S/C60H73F2N9O10/c1-34(72)64-40-16-19-47(67-54(76)48-30-38-29-39(60(2,61)62)15-18-45(38)65-48)59(81)71-41(31-40)17-21-50(71)56(78)66-46(20-23-52(63)74)51(73)32-43(36-10-4-3-5-11-36)57(79)69-27-25-35(26-28-69)9-6-7-12-37-13-8-14-42-44(37)33-70(58(42)80)49-22-24-53(75)68-55(49)77/h8,13-15,18,29-30,35-36,40-41,43,46-47,49-50,65H,3-6,9-11,16-17,19-28,31-33H2,1-2H3,(H2,63,74)(H,64,72)(H,66,78)(H,67,76)(H,68,75,77)/t40-,41+,43-,46-,47-,49?,50-/m0/s1. The predicted octanol–water partition coefficient (Wildman–Crippen LogP) is 5.16. The largest absolute Gasteiger partial charge is 0.370 e. The summed E-state index contributed by atoms with van der Waals surface area (Å²) < 4.78 is 28.3. The minimum Gasteiger partial charge on any atom is -0.370 e. The predicted molar refractivity (Wildman–Crippen MR) is 292 cm³/mol. The lowest BCUT2D eigenvalue weighted by atomic mass is 9.76. The molecule has 432 valence electrons. The molecule has 21 heteroatoms. The highest BCUT2D eigenvalue weighted by Gasteiger charge is 2.47. The fourth-order valence-corrected chi connectivity index (χ4v) is 13.2. The average molecular weight is 1120 g/mol.